The Bertz CT molecular complexity index is 191. The van der Waals surface area contributed by atoms with Crippen molar-refractivity contribution in [3.05, 3.63) is 0 Å². The first-order valence-corrected chi connectivity index (χ1v) is 5.79. The van der Waals surface area contributed by atoms with Crippen LogP contribution >= 0.6 is 0 Å². The molecule has 1 fully saturated rings. The van der Waals surface area contributed by atoms with Crippen LogP contribution < -0.4 is 5.73 Å². The molecule has 2 N–H and O–H groups in total. The van der Waals surface area contributed by atoms with E-state index in [1.165, 1.54) is 6.42 Å². The molecule has 0 radical (unpaired) electrons. The van der Waals surface area contributed by atoms with Crippen molar-refractivity contribution in [2.75, 3.05) is 26.7 Å². The van der Waals surface area contributed by atoms with Gasteiger partial charge in [-0.1, -0.05) is 0 Å². The molecule has 0 bridgehead atoms. The minimum absolute atomic E-state index is 0.176. The van der Waals surface area contributed by atoms with Crippen LogP contribution in [0, 0.1) is 0 Å². The maximum Gasteiger partial charge on any atom is 0.222 e. The highest BCUT2D eigenvalue weighted by molar-refractivity contribution is 5.75. The van der Waals surface area contributed by atoms with Crippen LogP contribution in [0.15, 0.2) is 0 Å². The number of rotatable bonds is 5. The van der Waals surface area contributed by atoms with E-state index in [9.17, 15) is 4.79 Å². The quantitative estimate of drug-likeness (QED) is 0.735. The summed E-state index contributed by atoms with van der Waals surface area (Å²) in [4.78, 5) is 13.4. The number of amides is 1. The highest BCUT2D eigenvalue weighted by Crippen LogP contribution is 2.13. The van der Waals surface area contributed by atoms with Crippen molar-refractivity contribution in [2.24, 2.45) is 5.73 Å². The molecule has 1 rings (SSSR count). The van der Waals surface area contributed by atoms with E-state index in [0.29, 0.717) is 13.0 Å². The summed E-state index contributed by atoms with van der Waals surface area (Å²) in [5.41, 5.74) is 5.37. The van der Waals surface area contributed by atoms with Gasteiger partial charge in [-0.25, -0.2) is 0 Å². The molecule has 4 heteroatoms. The second kappa shape index (κ2) is 6.80. The van der Waals surface area contributed by atoms with Crippen molar-refractivity contribution < 1.29 is 9.53 Å². The van der Waals surface area contributed by atoms with E-state index in [1.54, 1.807) is 4.90 Å². The number of ether oxygens (including phenoxy) is 1. The van der Waals surface area contributed by atoms with E-state index in [4.69, 9.17) is 10.5 Å². The standard InChI is InChI=1S/C11H22N2O2/c1-13(11(14)6-4-7-12)9-10-5-2-3-8-15-10/h10H,2-9,12H2,1H3. The van der Waals surface area contributed by atoms with Crippen molar-refractivity contribution in [1.29, 1.82) is 0 Å². The third-order valence-electron chi connectivity index (χ3n) is 2.77. The van der Waals surface area contributed by atoms with Crippen molar-refractivity contribution in [3.8, 4) is 0 Å². The molecule has 1 unspecified atom stereocenters. The summed E-state index contributed by atoms with van der Waals surface area (Å²) >= 11 is 0. The Morgan fingerprint density at radius 2 is 2.33 bits per heavy atom. The molecule has 0 aliphatic carbocycles. The number of nitrogens with zero attached hydrogens (tertiary/aromatic N) is 1. The molecule has 0 aromatic heterocycles. The van der Waals surface area contributed by atoms with Crippen LogP contribution in [0.3, 0.4) is 0 Å². The number of carbonyl (C=O) groups is 1. The first kappa shape index (κ1) is 12.5. The molecule has 1 heterocycles. The lowest BCUT2D eigenvalue weighted by atomic mass is 10.1. The summed E-state index contributed by atoms with van der Waals surface area (Å²) < 4.78 is 5.58. The topological polar surface area (TPSA) is 55.6 Å². The number of hydrogen-bond acceptors (Lipinski definition) is 3. The highest BCUT2D eigenvalue weighted by atomic mass is 16.5. The van der Waals surface area contributed by atoms with Crippen molar-refractivity contribution in [1.82, 2.24) is 4.90 Å². The smallest absolute Gasteiger partial charge is 0.222 e. The largest absolute Gasteiger partial charge is 0.376 e. The van der Waals surface area contributed by atoms with Gasteiger partial charge in [0.2, 0.25) is 5.91 Å². The third-order valence-corrected chi connectivity index (χ3v) is 2.77. The van der Waals surface area contributed by atoms with E-state index in [2.05, 4.69) is 0 Å². The van der Waals surface area contributed by atoms with Gasteiger partial charge in [-0.15, -0.1) is 0 Å². The average Bonchev–Trinajstić information content (AvgIpc) is 2.27. The molecule has 88 valence electrons. The van der Waals surface area contributed by atoms with Gasteiger partial charge >= 0.3 is 0 Å². The first-order chi connectivity index (χ1) is 7.24. The van der Waals surface area contributed by atoms with Gasteiger partial charge in [0.1, 0.15) is 0 Å². The molecular weight excluding hydrogens is 192 g/mol. The number of nitrogens with two attached hydrogens (primary N) is 1. The minimum Gasteiger partial charge on any atom is -0.376 e. The lowest BCUT2D eigenvalue weighted by Gasteiger charge is -2.27. The fourth-order valence-electron chi connectivity index (χ4n) is 1.80. The van der Waals surface area contributed by atoms with Crippen LogP contribution in [0.1, 0.15) is 32.1 Å². The zero-order chi connectivity index (χ0) is 11.1. The average molecular weight is 214 g/mol. The molecule has 1 saturated heterocycles. The summed E-state index contributed by atoms with van der Waals surface area (Å²) in [6.07, 6.45) is 5.02. The maximum absolute atomic E-state index is 11.6. The summed E-state index contributed by atoms with van der Waals surface area (Å²) in [7, 11) is 1.84. The summed E-state index contributed by atoms with van der Waals surface area (Å²) in [6.45, 7) is 2.15. The second-order valence-electron chi connectivity index (χ2n) is 4.16. The number of likely N-dealkylation sites (N-methyl/N-ethyl adjacent to an activating group) is 1. The molecule has 1 aliphatic rings. The number of carbonyl (C=O) groups excluding carboxylic acids is 1. The van der Waals surface area contributed by atoms with Crippen molar-refractivity contribution >= 4 is 5.91 Å². The lowest BCUT2D eigenvalue weighted by molar-refractivity contribution is -0.132. The van der Waals surface area contributed by atoms with Crippen molar-refractivity contribution in [3.63, 3.8) is 0 Å². The zero-order valence-corrected chi connectivity index (χ0v) is 9.58. The van der Waals surface area contributed by atoms with Crippen LogP contribution in [0.25, 0.3) is 0 Å². The van der Waals surface area contributed by atoms with E-state index in [1.807, 2.05) is 7.05 Å². The van der Waals surface area contributed by atoms with Crippen LogP contribution in [-0.4, -0.2) is 43.7 Å². The fraction of sp³-hybridized carbons (Fsp3) is 0.909. The molecule has 0 aromatic carbocycles. The van der Waals surface area contributed by atoms with Crippen LogP contribution in [-0.2, 0) is 9.53 Å². The maximum atomic E-state index is 11.6. The lowest BCUT2D eigenvalue weighted by Crippen LogP contribution is -2.37. The normalized spacial score (nSPS) is 21.3. The van der Waals surface area contributed by atoms with Crippen LogP contribution in [0.2, 0.25) is 0 Å². The van der Waals surface area contributed by atoms with Gasteiger partial charge in [0.15, 0.2) is 0 Å². The van der Waals surface area contributed by atoms with E-state index in [-0.39, 0.29) is 12.0 Å². The predicted octanol–water partition coefficient (Wildman–Crippen LogP) is 0.753. The Morgan fingerprint density at radius 3 is 2.93 bits per heavy atom. The zero-order valence-electron chi connectivity index (χ0n) is 9.58. The van der Waals surface area contributed by atoms with Gasteiger partial charge in [0.05, 0.1) is 6.10 Å². The van der Waals surface area contributed by atoms with Gasteiger partial charge in [-0.05, 0) is 32.2 Å². The molecule has 0 saturated carbocycles. The molecule has 15 heavy (non-hydrogen) atoms. The van der Waals surface area contributed by atoms with Gasteiger partial charge in [-0.3, -0.25) is 4.79 Å². The Balaban J connectivity index is 2.20. The summed E-state index contributed by atoms with van der Waals surface area (Å²) in [5, 5.41) is 0. The highest BCUT2D eigenvalue weighted by Gasteiger charge is 2.18. The first-order valence-electron chi connectivity index (χ1n) is 5.79. The van der Waals surface area contributed by atoms with Crippen molar-refractivity contribution in [2.45, 2.75) is 38.2 Å². The van der Waals surface area contributed by atoms with E-state index >= 15 is 0 Å². The van der Waals surface area contributed by atoms with Gasteiger partial charge < -0.3 is 15.4 Å². The molecule has 0 aromatic rings. The molecule has 1 aliphatic heterocycles. The number of hydrogen-bond donors (Lipinski definition) is 1. The Morgan fingerprint density at radius 1 is 1.53 bits per heavy atom. The molecular formula is C11H22N2O2. The predicted molar refractivity (Wildman–Crippen MR) is 59.5 cm³/mol. The second-order valence-corrected chi connectivity index (χ2v) is 4.16. The molecule has 4 nitrogen and oxygen atoms in total. The SMILES string of the molecule is CN(CC1CCCCO1)C(=O)CCCN. The van der Waals surface area contributed by atoms with E-state index in [0.717, 1.165) is 32.4 Å². The minimum atomic E-state index is 0.176. The Kier molecular flexibility index (Phi) is 5.65. The molecule has 1 atom stereocenters. The van der Waals surface area contributed by atoms with Crippen LogP contribution in [0.5, 0.6) is 0 Å². The van der Waals surface area contributed by atoms with Gasteiger partial charge in [0.25, 0.3) is 0 Å². The van der Waals surface area contributed by atoms with Gasteiger partial charge in [0, 0.05) is 26.6 Å². The fourth-order valence-corrected chi connectivity index (χ4v) is 1.80. The molecule has 0 spiro atoms. The Labute approximate surface area is 91.8 Å². The van der Waals surface area contributed by atoms with Gasteiger partial charge in [-0.2, -0.15) is 0 Å². The third kappa shape index (κ3) is 4.62. The van der Waals surface area contributed by atoms with E-state index < -0.39 is 0 Å². The monoisotopic (exact) mass is 214 g/mol. The summed E-state index contributed by atoms with van der Waals surface area (Å²) in [5.74, 6) is 0.176. The Hall–Kier alpha value is -0.610. The summed E-state index contributed by atoms with van der Waals surface area (Å²) in [6, 6.07) is 0. The van der Waals surface area contributed by atoms with Crippen LogP contribution in [0.4, 0.5) is 0 Å². The molecule has 1 amide bonds.